The first-order chi connectivity index (χ1) is 5.79. The largest absolute Gasteiger partial charge is 0.378 e. The van der Waals surface area contributed by atoms with Gasteiger partial charge in [-0.1, -0.05) is 18.6 Å². The summed E-state index contributed by atoms with van der Waals surface area (Å²) in [6.07, 6.45) is 6.87. The smallest absolute Gasteiger partial charge is 0.0617 e. The van der Waals surface area contributed by atoms with Gasteiger partial charge >= 0.3 is 0 Å². The fourth-order valence-electron chi connectivity index (χ4n) is 2.68. The number of allylic oxidation sites excluding steroid dienone is 1. The molecule has 0 aromatic carbocycles. The molecular weight excluding hydrogens is 148 g/mol. The van der Waals surface area contributed by atoms with Crippen molar-refractivity contribution in [3.63, 3.8) is 0 Å². The molecular formula is C11H18O. The van der Waals surface area contributed by atoms with Crippen LogP contribution in [0.1, 0.15) is 33.1 Å². The Balaban J connectivity index is 1.95. The summed E-state index contributed by atoms with van der Waals surface area (Å²) in [5.74, 6) is 1.70. The van der Waals surface area contributed by atoms with Crippen molar-refractivity contribution in [3.05, 3.63) is 11.6 Å². The average Bonchev–Trinajstić information content (AvgIpc) is 2.44. The summed E-state index contributed by atoms with van der Waals surface area (Å²) in [4.78, 5) is 0. The molecule has 0 aromatic rings. The second-order valence-corrected chi connectivity index (χ2v) is 4.17. The molecule has 68 valence electrons. The van der Waals surface area contributed by atoms with Gasteiger partial charge in [-0.05, 0) is 38.0 Å². The predicted molar refractivity (Wildman–Crippen MR) is 50.0 cm³/mol. The van der Waals surface area contributed by atoms with Gasteiger partial charge in [0.1, 0.15) is 0 Å². The van der Waals surface area contributed by atoms with Gasteiger partial charge in [0.2, 0.25) is 0 Å². The van der Waals surface area contributed by atoms with Crippen LogP contribution >= 0.6 is 0 Å². The summed E-state index contributed by atoms with van der Waals surface area (Å²) in [7, 11) is 0. The lowest BCUT2D eigenvalue weighted by Crippen LogP contribution is -2.08. The summed E-state index contributed by atoms with van der Waals surface area (Å²) in [5, 5.41) is 0. The highest BCUT2D eigenvalue weighted by Crippen LogP contribution is 2.42. The molecule has 1 saturated carbocycles. The minimum absolute atomic E-state index is 0.541. The number of ether oxygens (including phenoxy) is 1. The fraction of sp³-hybridized carbons (Fsp3) is 0.818. The van der Waals surface area contributed by atoms with Crippen molar-refractivity contribution in [2.45, 2.75) is 39.2 Å². The van der Waals surface area contributed by atoms with Gasteiger partial charge in [0, 0.05) is 6.61 Å². The zero-order valence-electron chi connectivity index (χ0n) is 8.05. The van der Waals surface area contributed by atoms with E-state index in [2.05, 4.69) is 19.9 Å². The van der Waals surface area contributed by atoms with Crippen LogP contribution in [0.4, 0.5) is 0 Å². The molecule has 1 nitrogen and oxygen atoms in total. The first-order valence-corrected chi connectivity index (χ1v) is 5.11. The van der Waals surface area contributed by atoms with Crippen LogP contribution in [0.3, 0.4) is 0 Å². The molecule has 12 heavy (non-hydrogen) atoms. The average molecular weight is 166 g/mol. The van der Waals surface area contributed by atoms with Crippen LogP contribution in [-0.2, 0) is 4.74 Å². The second-order valence-electron chi connectivity index (χ2n) is 4.17. The van der Waals surface area contributed by atoms with Crippen molar-refractivity contribution in [2.24, 2.45) is 11.8 Å². The van der Waals surface area contributed by atoms with Crippen LogP contribution in [0.15, 0.2) is 11.6 Å². The van der Waals surface area contributed by atoms with Crippen LogP contribution in [-0.4, -0.2) is 12.7 Å². The molecule has 2 aliphatic carbocycles. The van der Waals surface area contributed by atoms with Gasteiger partial charge in [-0.15, -0.1) is 0 Å². The molecule has 0 aromatic heterocycles. The van der Waals surface area contributed by atoms with Crippen molar-refractivity contribution in [2.75, 3.05) is 6.61 Å². The van der Waals surface area contributed by atoms with E-state index in [1.807, 2.05) is 0 Å². The van der Waals surface area contributed by atoms with Gasteiger partial charge in [-0.25, -0.2) is 0 Å². The van der Waals surface area contributed by atoms with Crippen LogP contribution in [0.25, 0.3) is 0 Å². The molecule has 0 amide bonds. The molecule has 1 fully saturated rings. The Morgan fingerprint density at radius 1 is 1.50 bits per heavy atom. The molecule has 0 aliphatic heterocycles. The zero-order chi connectivity index (χ0) is 8.55. The SMILES string of the molecule is CCO[C@@H]1CC2=C[C@H](C)CC2C1. The van der Waals surface area contributed by atoms with E-state index < -0.39 is 0 Å². The monoisotopic (exact) mass is 166 g/mol. The van der Waals surface area contributed by atoms with Crippen molar-refractivity contribution in [1.82, 2.24) is 0 Å². The summed E-state index contributed by atoms with van der Waals surface area (Å²) in [6.45, 7) is 5.28. The number of rotatable bonds is 2. The molecule has 2 rings (SSSR count). The van der Waals surface area contributed by atoms with Crippen LogP contribution in [0.5, 0.6) is 0 Å². The quantitative estimate of drug-likeness (QED) is 0.573. The van der Waals surface area contributed by atoms with Gasteiger partial charge in [0.15, 0.2) is 0 Å². The Kier molecular flexibility index (Phi) is 2.22. The van der Waals surface area contributed by atoms with Gasteiger partial charge in [0.25, 0.3) is 0 Å². The summed E-state index contributed by atoms with van der Waals surface area (Å²) in [6, 6.07) is 0. The van der Waals surface area contributed by atoms with Crippen LogP contribution in [0.2, 0.25) is 0 Å². The molecule has 0 N–H and O–H groups in total. The van der Waals surface area contributed by atoms with E-state index in [1.54, 1.807) is 5.57 Å². The lowest BCUT2D eigenvalue weighted by molar-refractivity contribution is 0.0653. The zero-order valence-corrected chi connectivity index (χ0v) is 8.05. The predicted octanol–water partition coefficient (Wildman–Crippen LogP) is 2.77. The van der Waals surface area contributed by atoms with E-state index in [1.165, 1.54) is 19.3 Å². The maximum Gasteiger partial charge on any atom is 0.0617 e. The van der Waals surface area contributed by atoms with Crippen LogP contribution in [0, 0.1) is 11.8 Å². The molecule has 1 unspecified atom stereocenters. The van der Waals surface area contributed by atoms with Crippen LogP contribution < -0.4 is 0 Å². The third-order valence-corrected chi connectivity index (χ3v) is 3.09. The normalized spacial score (nSPS) is 39.8. The first-order valence-electron chi connectivity index (χ1n) is 5.11. The Morgan fingerprint density at radius 3 is 3.00 bits per heavy atom. The summed E-state index contributed by atoms with van der Waals surface area (Å²) >= 11 is 0. The summed E-state index contributed by atoms with van der Waals surface area (Å²) < 4.78 is 5.63. The highest BCUT2D eigenvalue weighted by atomic mass is 16.5. The minimum atomic E-state index is 0.541. The number of hydrogen-bond acceptors (Lipinski definition) is 1. The Morgan fingerprint density at radius 2 is 2.33 bits per heavy atom. The third kappa shape index (κ3) is 1.42. The van der Waals surface area contributed by atoms with Crippen molar-refractivity contribution < 1.29 is 4.74 Å². The van der Waals surface area contributed by atoms with Gasteiger partial charge in [-0.2, -0.15) is 0 Å². The van der Waals surface area contributed by atoms with E-state index in [9.17, 15) is 0 Å². The lowest BCUT2D eigenvalue weighted by atomic mass is 10.0. The lowest BCUT2D eigenvalue weighted by Gasteiger charge is -2.10. The first kappa shape index (κ1) is 8.31. The van der Waals surface area contributed by atoms with E-state index in [4.69, 9.17) is 4.74 Å². The number of fused-ring (bicyclic) bond motifs is 1. The Labute approximate surface area is 74.8 Å². The Bertz CT molecular complexity index is 195. The molecule has 2 aliphatic rings. The fourth-order valence-corrected chi connectivity index (χ4v) is 2.68. The maximum absolute atomic E-state index is 5.63. The highest BCUT2D eigenvalue weighted by molar-refractivity contribution is 5.20. The van der Waals surface area contributed by atoms with E-state index in [0.29, 0.717) is 6.10 Å². The van der Waals surface area contributed by atoms with Crippen molar-refractivity contribution in [1.29, 1.82) is 0 Å². The molecule has 0 saturated heterocycles. The van der Waals surface area contributed by atoms with Gasteiger partial charge in [0.05, 0.1) is 6.10 Å². The van der Waals surface area contributed by atoms with Gasteiger partial charge < -0.3 is 4.74 Å². The molecule has 0 heterocycles. The second kappa shape index (κ2) is 3.21. The minimum Gasteiger partial charge on any atom is -0.378 e. The standard InChI is InChI=1S/C11H18O/c1-3-12-11-6-9-4-8(2)5-10(9)7-11/h4,8,10-11H,3,5-7H2,1-2H3/t8-,10?,11+/m0/s1. The van der Waals surface area contributed by atoms with Crippen molar-refractivity contribution in [3.8, 4) is 0 Å². The topological polar surface area (TPSA) is 9.23 Å². The molecule has 3 atom stereocenters. The number of hydrogen-bond donors (Lipinski definition) is 0. The van der Waals surface area contributed by atoms with Crippen molar-refractivity contribution >= 4 is 0 Å². The maximum atomic E-state index is 5.63. The molecule has 1 heteroatoms. The molecule has 0 spiro atoms. The third-order valence-electron chi connectivity index (χ3n) is 3.09. The van der Waals surface area contributed by atoms with E-state index in [0.717, 1.165) is 18.4 Å². The van der Waals surface area contributed by atoms with Gasteiger partial charge in [-0.3, -0.25) is 0 Å². The highest BCUT2D eigenvalue weighted by Gasteiger charge is 2.33. The molecule has 0 radical (unpaired) electrons. The van der Waals surface area contributed by atoms with E-state index >= 15 is 0 Å². The summed E-state index contributed by atoms with van der Waals surface area (Å²) in [5.41, 5.74) is 1.68. The van der Waals surface area contributed by atoms with E-state index in [-0.39, 0.29) is 0 Å². The Hall–Kier alpha value is -0.300. The molecule has 0 bridgehead atoms.